The number of hydrogen-bond donors (Lipinski definition) is 1. The highest BCUT2D eigenvalue weighted by Crippen LogP contribution is 2.30. The Labute approximate surface area is 122 Å². The molecule has 1 aliphatic heterocycles. The smallest absolute Gasteiger partial charge is 0.309 e. The Hall–Kier alpha value is -1.54. The number of carbonyl (C=O) groups is 2. The van der Waals surface area contributed by atoms with E-state index in [1.165, 1.54) is 0 Å². The fraction of sp³-hybridized carbons (Fsp3) is 0.688. The summed E-state index contributed by atoms with van der Waals surface area (Å²) in [5, 5.41) is 9.18. The van der Waals surface area contributed by atoms with Gasteiger partial charge in [-0.15, -0.1) is 5.73 Å². The first-order valence-electron chi connectivity index (χ1n) is 7.19. The van der Waals surface area contributed by atoms with E-state index in [0.717, 1.165) is 12.8 Å². The number of aliphatic carboxylic acids is 1. The summed E-state index contributed by atoms with van der Waals surface area (Å²) in [6.45, 7) is 13.5. The first kappa shape index (κ1) is 18.5. The minimum atomic E-state index is -0.831. The summed E-state index contributed by atoms with van der Waals surface area (Å²) in [6, 6.07) is 0. The molecule has 0 aliphatic carbocycles. The molecule has 0 aromatic carbocycles. The molecule has 1 rings (SSSR count). The lowest BCUT2D eigenvalue weighted by molar-refractivity contribution is -0.144. The number of amides is 1. The summed E-state index contributed by atoms with van der Waals surface area (Å²) in [4.78, 5) is 25.0. The molecule has 114 valence electrons. The van der Waals surface area contributed by atoms with Gasteiger partial charge in [-0.3, -0.25) is 9.59 Å². The van der Waals surface area contributed by atoms with Crippen LogP contribution in [0.4, 0.5) is 0 Å². The van der Waals surface area contributed by atoms with Crippen LogP contribution >= 0.6 is 0 Å². The Kier molecular flexibility index (Phi) is 8.66. The third-order valence-corrected chi connectivity index (χ3v) is 3.36. The van der Waals surface area contributed by atoms with Crippen LogP contribution in [0, 0.1) is 17.8 Å². The Bertz CT molecular complexity index is 357. The SMILES string of the molecule is C=C=C.CCCCN1CC(C(=O)O)C(CC(C)C)C1=O. The second-order valence-corrected chi connectivity index (χ2v) is 5.57. The third kappa shape index (κ3) is 5.62. The zero-order chi connectivity index (χ0) is 15.7. The lowest BCUT2D eigenvalue weighted by Gasteiger charge is -2.16. The lowest BCUT2D eigenvalue weighted by Crippen LogP contribution is -2.28. The van der Waals surface area contributed by atoms with E-state index in [0.29, 0.717) is 25.4 Å². The molecule has 4 nitrogen and oxygen atoms in total. The molecule has 2 atom stereocenters. The molecule has 1 aliphatic rings. The first-order chi connectivity index (χ1) is 9.38. The predicted octanol–water partition coefficient (Wildman–Crippen LogP) is 2.95. The summed E-state index contributed by atoms with van der Waals surface area (Å²) in [7, 11) is 0. The summed E-state index contributed by atoms with van der Waals surface area (Å²) < 4.78 is 0. The zero-order valence-electron chi connectivity index (χ0n) is 12.9. The van der Waals surface area contributed by atoms with Crippen LogP contribution in [0.2, 0.25) is 0 Å². The Morgan fingerprint density at radius 2 is 2.05 bits per heavy atom. The van der Waals surface area contributed by atoms with E-state index >= 15 is 0 Å². The van der Waals surface area contributed by atoms with Crippen molar-refractivity contribution in [1.29, 1.82) is 0 Å². The minimum Gasteiger partial charge on any atom is -0.481 e. The molecule has 1 fully saturated rings. The van der Waals surface area contributed by atoms with Gasteiger partial charge in [0, 0.05) is 13.1 Å². The second-order valence-electron chi connectivity index (χ2n) is 5.57. The third-order valence-electron chi connectivity index (χ3n) is 3.36. The van der Waals surface area contributed by atoms with Crippen LogP contribution in [-0.4, -0.2) is 35.0 Å². The molecule has 20 heavy (non-hydrogen) atoms. The van der Waals surface area contributed by atoms with Gasteiger partial charge in [-0.05, 0) is 18.8 Å². The summed E-state index contributed by atoms with van der Waals surface area (Å²) in [5.41, 5.74) is 2.25. The lowest BCUT2D eigenvalue weighted by atomic mass is 9.88. The highest BCUT2D eigenvalue weighted by atomic mass is 16.4. The molecule has 0 aromatic rings. The number of carboxylic acid groups (broad SMARTS) is 1. The topological polar surface area (TPSA) is 57.6 Å². The highest BCUT2D eigenvalue weighted by Gasteiger charge is 2.43. The van der Waals surface area contributed by atoms with E-state index in [2.05, 4.69) is 25.8 Å². The summed E-state index contributed by atoms with van der Waals surface area (Å²) in [5.74, 6) is -1.26. The van der Waals surface area contributed by atoms with E-state index in [4.69, 9.17) is 0 Å². The number of hydrogen-bond acceptors (Lipinski definition) is 2. The fourth-order valence-electron chi connectivity index (χ4n) is 2.43. The first-order valence-corrected chi connectivity index (χ1v) is 7.19. The fourth-order valence-corrected chi connectivity index (χ4v) is 2.43. The van der Waals surface area contributed by atoms with Crippen molar-refractivity contribution < 1.29 is 14.7 Å². The maximum absolute atomic E-state index is 12.1. The molecule has 0 aromatic heterocycles. The molecule has 1 saturated heterocycles. The summed E-state index contributed by atoms with van der Waals surface area (Å²) >= 11 is 0. The van der Waals surface area contributed by atoms with E-state index in [1.807, 2.05) is 13.8 Å². The molecule has 1 N–H and O–H groups in total. The van der Waals surface area contributed by atoms with Crippen molar-refractivity contribution in [3.05, 3.63) is 18.9 Å². The Morgan fingerprint density at radius 3 is 2.45 bits per heavy atom. The van der Waals surface area contributed by atoms with Gasteiger partial charge in [-0.2, -0.15) is 0 Å². The molecule has 2 unspecified atom stereocenters. The van der Waals surface area contributed by atoms with E-state index in [9.17, 15) is 14.7 Å². The zero-order valence-corrected chi connectivity index (χ0v) is 12.9. The number of unbranched alkanes of at least 4 members (excludes halogenated alkanes) is 1. The van der Waals surface area contributed by atoms with Crippen molar-refractivity contribution in [2.75, 3.05) is 13.1 Å². The molecule has 4 heteroatoms. The van der Waals surface area contributed by atoms with Gasteiger partial charge in [0.1, 0.15) is 0 Å². The van der Waals surface area contributed by atoms with Crippen LogP contribution < -0.4 is 0 Å². The highest BCUT2D eigenvalue weighted by molar-refractivity contribution is 5.88. The molecule has 1 amide bonds. The van der Waals surface area contributed by atoms with Crippen molar-refractivity contribution in [3.8, 4) is 0 Å². The normalized spacial score (nSPS) is 21.4. The molecule has 0 saturated carbocycles. The van der Waals surface area contributed by atoms with Gasteiger partial charge in [-0.25, -0.2) is 0 Å². The average molecular weight is 281 g/mol. The van der Waals surface area contributed by atoms with Gasteiger partial charge in [-0.1, -0.05) is 40.3 Å². The number of nitrogens with zero attached hydrogens (tertiary/aromatic N) is 1. The van der Waals surface area contributed by atoms with Gasteiger partial charge < -0.3 is 10.0 Å². The van der Waals surface area contributed by atoms with Gasteiger partial charge in [0.15, 0.2) is 0 Å². The van der Waals surface area contributed by atoms with Crippen molar-refractivity contribution in [1.82, 2.24) is 4.90 Å². The number of carbonyl (C=O) groups excluding carboxylic acids is 1. The number of likely N-dealkylation sites (tertiary alicyclic amines) is 1. The Balaban J connectivity index is 0.00000110. The molecular weight excluding hydrogens is 254 g/mol. The van der Waals surface area contributed by atoms with Crippen LogP contribution in [0.25, 0.3) is 0 Å². The summed E-state index contributed by atoms with van der Waals surface area (Å²) in [6.07, 6.45) is 2.65. The van der Waals surface area contributed by atoms with E-state index < -0.39 is 11.9 Å². The van der Waals surface area contributed by atoms with Crippen LogP contribution in [0.1, 0.15) is 40.0 Å². The van der Waals surface area contributed by atoms with Crippen molar-refractivity contribution >= 4 is 11.9 Å². The quantitative estimate of drug-likeness (QED) is 0.761. The number of carboxylic acids is 1. The average Bonchev–Trinajstić information content (AvgIpc) is 2.65. The van der Waals surface area contributed by atoms with E-state index in [1.54, 1.807) is 4.90 Å². The van der Waals surface area contributed by atoms with Gasteiger partial charge in [0.25, 0.3) is 0 Å². The largest absolute Gasteiger partial charge is 0.481 e. The van der Waals surface area contributed by atoms with Crippen LogP contribution in [0.3, 0.4) is 0 Å². The molecule has 1 heterocycles. The van der Waals surface area contributed by atoms with Crippen LogP contribution in [0.15, 0.2) is 18.9 Å². The molecule has 0 radical (unpaired) electrons. The minimum absolute atomic E-state index is 0.0413. The maximum atomic E-state index is 12.1. The molecule has 0 spiro atoms. The van der Waals surface area contributed by atoms with Crippen LogP contribution in [0.5, 0.6) is 0 Å². The molecular formula is C16H27NO3. The van der Waals surface area contributed by atoms with Crippen LogP contribution in [-0.2, 0) is 9.59 Å². The molecule has 0 bridgehead atoms. The van der Waals surface area contributed by atoms with Gasteiger partial charge in [0.05, 0.1) is 11.8 Å². The van der Waals surface area contributed by atoms with Crippen molar-refractivity contribution in [2.45, 2.75) is 40.0 Å². The van der Waals surface area contributed by atoms with Gasteiger partial charge >= 0.3 is 5.97 Å². The Morgan fingerprint density at radius 1 is 1.50 bits per heavy atom. The standard InChI is InChI=1S/C13H23NO3.C3H4/c1-4-5-6-14-8-11(13(16)17)10(12(14)15)7-9(2)3;1-3-2/h9-11H,4-8H2,1-3H3,(H,16,17);1-2H2. The monoisotopic (exact) mass is 281 g/mol. The predicted molar refractivity (Wildman–Crippen MR) is 80.3 cm³/mol. The van der Waals surface area contributed by atoms with Crippen molar-refractivity contribution in [2.24, 2.45) is 17.8 Å². The van der Waals surface area contributed by atoms with Crippen molar-refractivity contribution in [3.63, 3.8) is 0 Å². The number of rotatable bonds is 6. The van der Waals surface area contributed by atoms with E-state index in [-0.39, 0.29) is 11.8 Å². The second kappa shape index (κ2) is 9.38. The van der Waals surface area contributed by atoms with Gasteiger partial charge in [0.2, 0.25) is 5.91 Å². The maximum Gasteiger partial charge on any atom is 0.309 e.